The zero-order chi connectivity index (χ0) is 8.81. The zero-order valence-corrected chi connectivity index (χ0v) is 7.58. The summed E-state index contributed by atoms with van der Waals surface area (Å²) in [6.45, 7) is 3.47. The van der Waals surface area contributed by atoms with E-state index in [9.17, 15) is 4.79 Å². The molecule has 1 atom stereocenters. The fraction of sp³-hybridized carbons (Fsp3) is 0.700. The summed E-state index contributed by atoms with van der Waals surface area (Å²) in [5.74, 6) is 0.359. The summed E-state index contributed by atoms with van der Waals surface area (Å²) in [7, 11) is 0. The highest BCUT2D eigenvalue weighted by atomic mass is 16.5. The van der Waals surface area contributed by atoms with Crippen molar-refractivity contribution in [3.8, 4) is 0 Å². The molecule has 1 unspecified atom stereocenters. The van der Waals surface area contributed by atoms with E-state index in [1.54, 1.807) is 6.08 Å². The van der Waals surface area contributed by atoms with Crippen LogP contribution in [0.2, 0.25) is 0 Å². The summed E-state index contributed by atoms with van der Waals surface area (Å²) < 4.78 is 5.23. The van der Waals surface area contributed by atoms with E-state index in [1.807, 2.05) is 13.0 Å². The van der Waals surface area contributed by atoms with Gasteiger partial charge in [-0.3, -0.25) is 4.79 Å². The first-order chi connectivity index (χ1) is 5.84. The van der Waals surface area contributed by atoms with Crippen molar-refractivity contribution in [2.75, 3.05) is 13.2 Å². The number of carbonyl (C=O) groups excluding carboxylic acids is 1. The van der Waals surface area contributed by atoms with Gasteiger partial charge in [0.25, 0.3) is 0 Å². The standard InChI is InChI=1S/C10H16O2/c1-2-3-6-10(11)9-5-4-7-12-8-9/h3,6,9H,2,4-5,7-8H2,1H3/b6-3+. The molecule has 68 valence electrons. The zero-order valence-electron chi connectivity index (χ0n) is 7.58. The Bertz CT molecular complexity index is 167. The first kappa shape index (κ1) is 9.46. The molecule has 0 N–H and O–H groups in total. The second-order valence-electron chi connectivity index (χ2n) is 3.13. The highest BCUT2D eigenvalue weighted by Gasteiger charge is 2.18. The molecule has 0 spiro atoms. The van der Waals surface area contributed by atoms with Crippen LogP contribution in [0.25, 0.3) is 0 Å². The maximum atomic E-state index is 11.4. The summed E-state index contributed by atoms with van der Waals surface area (Å²) >= 11 is 0. The Morgan fingerprint density at radius 3 is 3.08 bits per heavy atom. The van der Waals surface area contributed by atoms with Crippen molar-refractivity contribution in [3.63, 3.8) is 0 Å². The van der Waals surface area contributed by atoms with Gasteiger partial charge in [-0.25, -0.2) is 0 Å². The minimum Gasteiger partial charge on any atom is -0.381 e. The summed E-state index contributed by atoms with van der Waals surface area (Å²) in [5, 5.41) is 0. The summed E-state index contributed by atoms with van der Waals surface area (Å²) in [4.78, 5) is 11.4. The Labute approximate surface area is 73.6 Å². The molecule has 0 aromatic heterocycles. The van der Waals surface area contributed by atoms with E-state index >= 15 is 0 Å². The fourth-order valence-corrected chi connectivity index (χ4v) is 1.34. The maximum absolute atomic E-state index is 11.4. The minimum atomic E-state index is 0.126. The van der Waals surface area contributed by atoms with Gasteiger partial charge in [-0.15, -0.1) is 0 Å². The van der Waals surface area contributed by atoms with Crippen LogP contribution in [-0.2, 0) is 9.53 Å². The first-order valence-electron chi connectivity index (χ1n) is 4.62. The highest BCUT2D eigenvalue weighted by Crippen LogP contribution is 2.14. The van der Waals surface area contributed by atoms with Gasteiger partial charge < -0.3 is 4.74 Å². The van der Waals surface area contributed by atoms with Gasteiger partial charge in [0.1, 0.15) is 0 Å². The second-order valence-corrected chi connectivity index (χ2v) is 3.13. The predicted octanol–water partition coefficient (Wildman–Crippen LogP) is 1.95. The van der Waals surface area contributed by atoms with E-state index in [-0.39, 0.29) is 11.7 Å². The second kappa shape index (κ2) is 5.09. The molecule has 2 nitrogen and oxygen atoms in total. The maximum Gasteiger partial charge on any atom is 0.160 e. The number of carbonyl (C=O) groups is 1. The molecule has 0 amide bonds. The number of allylic oxidation sites excluding steroid dienone is 2. The average Bonchev–Trinajstić information content (AvgIpc) is 2.15. The molecule has 0 aromatic carbocycles. The largest absolute Gasteiger partial charge is 0.381 e. The van der Waals surface area contributed by atoms with Crippen LogP contribution in [0.3, 0.4) is 0 Å². The number of hydrogen-bond acceptors (Lipinski definition) is 2. The van der Waals surface area contributed by atoms with Gasteiger partial charge in [-0.2, -0.15) is 0 Å². The fourth-order valence-electron chi connectivity index (χ4n) is 1.34. The lowest BCUT2D eigenvalue weighted by atomic mass is 9.97. The van der Waals surface area contributed by atoms with E-state index in [1.165, 1.54) is 0 Å². The molecule has 0 aliphatic carbocycles. The van der Waals surface area contributed by atoms with Crippen LogP contribution in [0.5, 0.6) is 0 Å². The quantitative estimate of drug-likeness (QED) is 0.602. The molecule has 0 bridgehead atoms. The molecule has 1 saturated heterocycles. The average molecular weight is 168 g/mol. The minimum absolute atomic E-state index is 0.126. The molecule has 2 heteroatoms. The molecule has 1 aliphatic rings. The molecule has 1 aliphatic heterocycles. The van der Waals surface area contributed by atoms with Gasteiger partial charge >= 0.3 is 0 Å². The van der Waals surface area contributed by atoms with E-state index in [4.69, 9.17) is 4.74 Å². The van der Waals surface area contributed by atoms with Crippen LogP contribution < -0.4 is 0 Å². The van der Waals surface area contributed by atoms with Crippen molar-refractivity contribution in [3.05, 3.63) is 12.2 Å². The van der Waals surface area contributed by atoms with Crippen molar-refractivity contribution in [2.24, 2.45) is 5.92 Å². The molecule has 12 heavy (non-hydrogen) atoms. The van der Waals surface area contributed by atoms with Crippen molar-refractivity contribution in [2.45, 2.75) is 26.2 Å². The van der Waals surface area contributed by atoms with Crippen LogP contribution in [-0.4, -0.2) is 19.0 Å². The molecular formula is C10H16O2. The van der Waals surface area contributed by atoms with Crippen molar-refractivity contribution >= 4 is 5.78 Å². The van der Waals surface area contributed by atoms with Crippen LogP contribution in [0, 0.1) is 5.92 Å². The number of ether oxygens (including phenoxy) is 1. The SMILES string of the molecule is CC/C=C/C(=O)C1CCCOC1. The van der Waals surface area contributed by atoms with Gasteiger partial charge in [-0.1, -0.05) is 13.0 Å². The molecule has 1 rings (SSSR count). The Morgan fingerprint density at radius 2 is 2.50 bits per heavy atom. The van der Waals surface area contributed by atoms with Crippen LogP contribution in [0.15, 0.2) is 12.2 Å². The predicted molar refractivity (Wildman–Crippen MR) is 48.0 cm³/mol. The molecule has 0 saturated carbocycles. The first-order valence-corrected chi connectivity index (χ1v) is 4.62. The van der Waals surface area contributed by atoms with Crippen LogP contribution >= 0.6 is 0 Å². The Hall–Kier alpha value is -0.630. The lowest BCUT2D eigenvalue weighted by Crippen LogP contribution is -2.23. The Balaban J connectivity index is 2.34. The van der Waals surface area contributed by atoms with Gasteiger partial charge in [0, 0.05) is 12.5 Å². The lowest BCUT2D eigenvalue weighted by molar-refractivity contribution is -0.121. The molecule has 0 radical (unpaired) electrons. The number of hydrogen-bond donors (Lipinski definition) is 0. The summed E-state index contributed by atoms with van der Waals surface area (Å²) in [6, 6.07) is 0. The molecule has 1 heterocycles. The van der Waals surface area contributed by atoms with Crippen LogP contribution in [0.1, 0.15) is 26.2 Å². The van der Waals surface area contributed by atoms with Crippen molar-refractivity contribution in [1.82, 2.24) is 0 Å². The third-order valence-electron chi connectivity index (χ3n) is 2.08. The smallest absolute Gasteiger partial charge is 0.160 e. The number of rotatable bonds is 3. The van der Waals surface area contributed by atoms with Gasteiger partial charge in [0.05, 0.1) is 6.61 Å². The Kier molecular flexibility index (Phi) is 4.01. The Morgan fingerprint density at radius 1 is 1.67 bits per heavy atom. The summed E-state index contributed by atoms with van der Waals surface area (Å²) in [6.07, 6.45) is 6.55. The number of ketones is 1. The monoisotopic (exact) mass is 168 g/mol. The third kappa shape index (κ3) is 2.78. The lowest BCUT2D eigenvalue weighted by Gasteiger charge is -2.19. The van der Waals surface area contributed by atoms with Gasteiger partial charge in [0.15, 0.2) is 5.78 Å². The van der Waals surface area contributed by atoms with E-state index in [2.05, 4.69) is 0 Å². The molecule has 0 aromatic rings. The highest BCUT2D eigenvalue weighted by molar-refractivity contribution is 5.91. The van der Waals surface area contributed by atoms with Gasteiger partial charge in [-0.05, 0) is 25.3 Å². The normalized spacial score (nSPS) is 24.6. The summed E-state index contributed by atoms with van der Waals surface area (Å²) in [5.41, 5.74) is 0. The van der Waals surface area contributed by atoms with E-state index in [0.29, 0.717) is 6.61 Å². The van der Waals surface area contributed by atoms with E-state index in [0.717, 1.165) is 25.9 Å². The van der Waals surface area contributed by atoms with Crippen LogP contribution in [0.4, 0.5) is 0 Å². The molecule has 1 fully saturated rings. The van der Waals surface area contributed by atoms with Gasteiger partial charge in [0.2, 0.25) is 0 Å². The van der Waals surface area contributed by atoms with Crippen molar-refractivity contribution in [1.29, 1.82) is 0 Å². The van der Waals surface area contributed by atoms with Crippen molar-refractivity contribution < 1.29 is 9.53 Å². The third-order valence-corrected chi connectivity index (χ3v) is 2.08. The topological polar surface area (TPSA) is 26.3 Å². The van der Waals surface area contributed by atoms with E-state index < -0.39 is 0 Å². The molecular weight excluding hydrogens is 152 g/mol.